The minimum Gasteiger partial charge on any atom is -0.324 e. The number of pyridine rings is 1. The van der Waals surface area contributed by atoms with Crippen LogP contribution in [-0.4, -0.2) is 16.8 Å². The second kappa shape index (κ2) is 7.54. The van der Waals surface area contributed by atoms with E-state index < -0.39 is 5.41 Å². The number of para-hydroxylation sites is 1. The molecular weight excluding hydrogens is 400 g/mol. The largest absolute Gasteiger partial charge is 0.324 e. The first-order chi connectivity index (χ1) is 12.0. The molecule has 1 unspecified atom stereocenters. The monoisotopic (exact) mass is 416 g/mol. The number of hydrogen-bond donors (Lipinski definition) is 1. The van der Waals surface area contributed by atoms with Crippen LogP contribution in [0.25, 0.3) is 10.9 Å². The summed E-state index contributed by atoms with van der Waals surface area (Å²) in [5.41, 5.74) is 1.83. The standard InChI is InChI=1S/C20H18BrClN2O/c1-20(13-22,12-14-7-9-16(21)10-8-14)19(25)24-17-6-2-4-15-5-3-11-23-18(15)17/h2-11H,12-13H2,1H3,(H,24,25). The predicted octanol–water partition coefficient (Wildman–Crippen LogP) is 5.42. The first kappa shape index (κ1) is 17.9. The van der Waals surface area contributed by atoms with E-state index in [4.69, 9.17) is 11.6 Å². The van der Waals surface area contributed by atoms with Crippen LogP contribution >= 0.6 is 27.5 Å². The Morgan fingerprint density at radius 1 is 1.16 bits per heavy atom. The highest BCUT2D eigenvalue weighted by molar-refractivity contribution is 9.10. The number of nitrogens with zero attached hydrogens (tertiary/aromatic N) is 1. The van der Waals surface area contributed by atoms with Crippen LogP contribution in [0.4, 0.5) is 5.69 Å². The van der Waals surface area contributed by atoms with Gasteiger partial charge in [-0.3, -0.25) is 9.78 Å². The normalized spacial score (nSPS) is 13.4. The number of fused-ring (bicyclic) bond motifs is 1. The van der Waals surface area contributed by atoms with Crippen LogP contribution in [0.3, 0.4) is 0 Å². The van der Waals surface area contributed by atoms with Gasteiger partial charge in [-0.1, -0.05) is 46.3 Å². The number of benzene rings is 2. The molecule has 0 aliphatic heterocycles. The van der Waals surface area contributed by atoms with E-state index in [1.54, 1.807) is 6.20 Å². The van der Waals surface area contributed by atoms with Crippen LogP contribution < -0.4 is 5.32 Å². The van der Waals surface area contributed by atoms with E-state index in [2.05, 4.69) is 26.2 Å². The number of nitrogens with one attached hydrogen (secondary N) is 1. The molecule has 1 amide bonds. The van der Waals surface area contributed by atoms with Crippen molar-refractivity contribution in [3.63, 3.8) is 0 Å². The Hall–Kier alpha value is -1.91. The van der Waals surface area contributed by atoms with Crippen LogP contribution in [-0.2, 0) is 11.2 Å². The number of amides is 1. The molecule has 25 heavy (non-hydrogen) atoms. The summed E-state index contributed by atoms with van der Waals surface area (Å²) < 4.78 is 1.01. The second-order valence-corrected chi connectivity index (χ2v) is 7.52. The molecule has 2 aromatic carbocycles. The molecule has 0 saturated carbocycles. The molecule has 1 heterocycles. The van der Waals surface area contributed by atoms with Crippen molar-refractivity contribution in [2.75, 3.05) is 11.2 Å². The Morgan fingerprint density at radius 2 is 1.88 bits per heavy atom. The number of alkyl halides is 1. The summed E-state index contributed by atoms with van der Waals surface area (Å²) in [5.74, 6) is 0.121. The molecule has 3 rings (SSSR count). The van der Waals surface area contributed by atoms with Crippen molar-refractivity contribution in [1.29, 1.82) is 0 Å². The predicted molar refractivity (Wildman–Crippen MR) is 107 cm³/mol. The number of carbonyl (C=O) groups excluding carboxylic acids is 1. The minimum atomic E-state index is -0.716. The summed E-state index contributed by atoms with van der Waals surface area (Å²) in [6.07, 6.45) is 2.29. The Morgan fingerprint density at radius 3 is 2.60 bits per heavy atom. The Labute approximate surface area is 160 Å². The van der Waals surface area contributed by atoms with Gasteiger partial charge in [0.1, 0.15) is 0 Å². The van der Waals surface area contributed by atoms with Gasteiger partial charge in [-0.2, -0.15) is 0 Å². The summed E-state index contributed by atoms with van der Waals surface area (Å²) >= 11 is 9.61. The molecule has 0 radical (unpaired) electrons. The average Bonchev–Trinajstić information content (AvgIpc) is 2.64. The first-order valence-corrected chi connectivity index (χ1v) is 9.30. The molecule has 1 aromatic heterocycles. The van der Waals surface area contributed by atoms with Crippen molar-refractivity contribution in [3.05, 3.63) is 70.8 Å². The van der Waals surface area contributed by atoms with Crippen LogP contribution in [0, 0.1) is 5.41 Å². The lowest BCUT2D eigenvalue weighted by Crippen LogP contribution is -2.37. The molecule has 3 nitrogen and oxygen atoms in total. The third kappa shape index (κ3) is 4.02. The number of rotatable bonds is 5. The van der Waals surface area contributed by atoms with Crippen LogP contribution in [0.15, 0.2) is 65.3 Å². The van der Waals surface area contributed by atoms with Gasteiger partial charge in [-0.05, 0) is 43.2 Å². The lowest BCUT2D eigenvalue weighted by atomic mass is 9.84. The summed E-state index contributed by atoms with van der Waals surface area (Å²) in [5, 5.41) is 4.00. The zero-order valence-corrected chi connectivity index (χ0v) is 16.1. The molecule has 0 spiro atoms. The van der Waals surface area contributed by atoms with E-state index in [0.717, 1.165) is 20.9 Å². The Bertz CT molecular complexity index is 892. The maximum absolute atomic E-state index is 12.9. The minimum absolute atomic E-state index is 0.108. The summed E-state index contributed by atoms with van der Waals surface area (Å²) in [7, 11) is 0. The van der Waals surface area contributed by atoms with Crippen molar-refractivity contribution < 1.29 is 4.79 Å². The number of hydrogen-bond acceptors (Lipinski definition) is 2. The summed E-state index contributed by atoms with van der Waals surface area (Å²) in [6.45, 7) is 1.88. The van der Waals surface area contributed by atoms with Crippen molar-refractivity contribution in [2.24, 2.45) is 5.41 Å². The van der Waals surface area contributed by atoms with E-state index in [0.29, 0.717) is 12.1 Å². The quantitative estimate of drug-likeness (QED) is 0.563. The van der Waals surface area contributed by atoms with Crippen molar-refractivity contribution in [1.82, 2.24) is 4.98 Å². The number of anilines is 1. The van der Waals surface area contributed by atoms with Gasteiger partial charge in [0, 0.05) is 21.9 Å². The number of halogens is 2. The smallest absolute Gasteiger partial charge is 0.231 e. The first-order valence-electron chi connectivity index (χ1n) is 7.97. The third-order valence-corrected chi connectivity index (χ3v) is 5.35. The average molecular weight is 418 g/mol. The molecule has 0 aliphatic carbocycles. The fourth-order valence-corrected chi connectivity index (χ4v) is 3.20. The van der Waals surface area contributed by atoms with Crippen LogP contribution in [0.5, 0.6) is 0 Å². The molecule has 5 heteroatoms. The van der Waals surface area contributed by atoms with Gasteiger partial charge in [0.2, 0.25) is 5.91 Å². The molecule has 0 fully saturated rings. The Balaban J connectivity index is 1.85. The molecule has 0 bridgehead atoms. The maximum atomic E-state index is 12.9. The van der Waals surface area contributed by atoms with Gasteiger partial charge < -0.3 is 5.32 Å². The highest BCUT2D eigenvalue weighted by Crippen LogP contribution is 2.29. The fraction of sp³-hybridized carbons (Fsp3) is 0.200. The number of aromatic nitrogens is 1. The van der Waals surface area contributed by atoms with Crippen molar-refractivity contribution in [3.8, 4) is 0 Å². The lowest BCUT2D eigenvalue weighted by Gasteiger charge is -2.26. The van der Waals surface area contributed by atoms with Gasteiger partial charge in [0.15, 0.2) is 0 Å². The zero-order valence-electron chi connectivity index (χ0n) is 13.8. The molecule has 0 aliphatic rings. The topological polar surface area (TPSA) is 42.0 Å². The molecular formula is C20H18BrClN2O. The molecule has 128 valence electrons. The van der Waals surface area contributed by atoms with E-state index in [1.807, 2.05) is 61.5 Å². The van der Waals surface area contributed by atoms with E-state index in [-0.39, 0.29) is 11.8 Å². The highest BCUT2D eigenvalue weighted by Gasteiger charge is 2.33. The van der Waals surface area contributed by atoms with Gasteiger partial charge in [-0.15, -0.1) is 11.6 Å². The van der Waals surface area contributed by atoms with E-state index in [1.165, 1.54) is 0 Å². The third-order valence-electron chi connectivity index (χ3n) is 4.23. The van der Waals surface area contributed by atoms with Crippen molar-refractivity contribution in [2.45, 2.75) is 13.3 Å². The van der Waals surface area contributed by atoms with Crippen LogP contribution in [0.1, 0.15) is 12.5 Å². The fourth-order valence-electron chi connectivity index (χ4n) is 2.72. The summed E-state index contributed by atoms with van der Waals surface area (Å²) in [6, 6.07) is 17.5. The molecule has 3 aromatic rings. The van der Waals surface area contributed by atoms with Gasteiger partial charge in [0.25, 0.3) is 0 Å². The molecule has 1 N–H and O–H groups in total. The van der Waals surface area contributed by atoms with Gasteiger partial charge in [-0.25, -0.2) is 0 Å². The lowest BCUT2D eigenvalue weighted by molar-refractivity contribution is -0.123. The molecule has 1 atom stereocenters. The van der Waals surface area contributed by atoms with E-state index >= 15 is 0 Å². The van der Waals surface area contributed by atoms with Crippen molar-refractivity contribution >= 4 is 50.0 Å². The van der Waals surface area contributed by atoms with Gasteiger partial charge in [0.05, 0.1) is 16.6 Å². The highest BCUT2D eigenvalue weighted by atomic mass is 79.9. The SMILES string of the molecule is CC(CCl)(Cc1ccc(Br)cc1)C(=O)Nc1cccc2cccnc12. The summed E-state index contributed by atoms with van der Waals surface area (Å²) in [4.78, 5) is 17.3. The Kier molecular flexibility index (Phi) is 5.40. The molecule has 0 saturated heterocycles. The zero-order chi connectivity index (χ0) is 17.9. The van der Waals surface area contributed by atoms with Crippen LogP contribution in [0.2, 0.25) is 0 Å². The van der Waals surface area contributed by atoms with Gasteiger partial charge >= 0.3 is 0 Å². The second-order valence-electron chi connectivity index (χ2n) is 6.33. The number of carbonyl (C=O) groups is 1. The maximum Gasteiger partial charge on any atom is 0.231 e. The van der Waals surface area contributed by atoms with E-state index in [9.17, 15) is 4.79 Å².